The minimum absolute atomic E-state index is 0.0986. The van der Waals surface area contributed by atoms with Crippen molar-refractivity contribution in [2.24, 2.45) is 5.10 Å². The molecule has 0 radical (unpaired) electrons. The van der Waals surface area contributed by atoms with E-state index < -0.39 is 0 Å². The van der Waals surface area contributed by atoms with E-state index in [1.807, 2.05) is 19.1 Å². The number of carbonyl (C=O) groups is 1. The largest absolute Gasteiger partial charge is 0.507 e. The second-order valence-corrected chi connectivity index (χ2v) is 5.18. The minimum Gasteiger partial charge on any atom is -0.507 e. The average molecular weight is 333 g/mol. The molecule has 0 aromatic heterocycles. The zero-order valence-corrected chi connectivity index (χ0v) is 12.4. The minimum atomic E-state index is -0.296. The van der Waals surface area contributed by atoms with E-state index in [-0.39, 0.29) is 11.7 Å². The summed E-state index contributed by atoms with van der Waals surface area (Å²) in [4.78, 5) is 11.8. The second-order valence-electron chi connectivity index (χ2n) is 4.27. The summed E-state index contributed by atoms with van der Waals surface area (Å²) in [5, 5.41) is 13.5. The number of benzene rings is 2. The van der Waals surface area contributed by atoms with E-state index in [4.69, 9.17) is 0 Å². The average Bonchev–Trinajstić information content (AvgIpc) is 2.43. The van der Waals surface area contributed by atoms with Gasteiger partial charge in [0.1, 0.15) is 5.75 Å². The van der Waals surface area contributed by atoms with Crippen molar-refractivity contribution in [3.63, 3.8) is 0 Å². The maximum absolute atomic E-state index is 11.8. The van der Waals surface area contributed by atoms with Crippen molar-refractivity contribution in [2.75, 3.05) is 0 Å². The molecule has 0 heterocycles. The van der Waals surface area contributed by atoms with Crippen LogP contribution in [-0.4, -0.2) is 17.2 Å². The molecular formula is C15H13BrN2O2. The normalized spacial score (nSPS) is 10.7. The first-order valence-electron chi connectivity index (χ1n) is 5.95. The number of amides is 1. The Kier molecular flexibility index (Phi) is 4.53. The zero-order chi connectivity index (χ0) is 14.5. The second kappa shape index (κ2) is 6.34. The van der Waals surface area contributed by atoms with Crippen LogP contribution in [0.25, 0.3) is 0 Å². The molecule has 0 aliphatic carbocycles. The molecular weight excluding hydrogens is 320 g/mol. The molecule has 2 N–H and O–H groups in total. The van der Waals surface area contributed by atoms with Crippen LogP contribution in [-0.2, 0) is 0 Å². The summed E-state index contributed by atoms with van der Waals surface area (Å²) < 4.78 is 0.821. The first kappa shape index (κ1) is 14.3. The molecule has 2 aromatic rings. The van der Waals surface area contributed by atoms with E-state index in [0.29, 0.717) is 11.1 Å². The van der Waals surface area contributed by atoms with Crippen LogP contribution in [0.4, 0.5) is 0 Å². The number of halogens is 1. The summed E-state index contributed by atoms with van der Waals surface area (Å²) in [6.45, 7) is 1.95. The van der Waals surface area contributed by atoms with E-state index in [2.05, 4.69) is 26.5 Å². The Balaban J connectivity index is 2.04. The predicted octanol–water partition coefficient (Wildman–Crippen LogP) is 3.23. The van der Waals surface area contributed by atoms with Gasteiger partial charge in [0, 0.05) is 15.6 Å². The SMILES string of the molecule is Cc1ccc(C(=O)NN=Cc2cc(Br)ccc2O)cc1. The Bertz CT molecular complexity index is 651. The predicted molar refractivity (Wildman–Crippen MR) is 82.0 cm³/mol. The summed E-state index contributed by atoms with van der Waals surface area (Å²) in [5.74, 6) is -0.197. The molecule has 0 unspecified atom stereocenters. The van der Waals surface area contributed by atoms with Crippen LogP contribution in [0.5, 0.6) is 5.75 Å². The van der Waals surface area contributed by atoms with Gasteiger partial charge in [-0.25, -0.2) is 5.43 Å². The first-order valence-corrected chi connectivity index (χ1v) is 6.74. The first-order chi connectivity index (χ1) is 9.56. The highest BCUT2D eigenvalue weighted by atomic mass is 79.9. The van der Waals surface area contributed by atoms with Crippen molar-refractivity contribution in [1.29, 1.82) is 0 Å². The van der Waals surface area contributed by atoms with Gasteiger partial charge in [-0.2, -0.15) is 5.10 Å². The van der Waals surface area contributed by atoms with Crippen LogP contribution in [0.15, 0.2) is 52.0 Å². The fraction of sp³-hybridized carbons (Fsp3) is 0.0667. The van der Waals surface area contributed by atoms with Crippen molar-refractivity contribution in [3.05, 3.63) is 63.6 Å². The molecule has 0 atom stereocenters. The number of hydrazone groups is 1. The van der Waals surface area contributed by atoms with Gasteiger partial charge in [0.15, 0.2) is 0 Å². The Morgan fingerprint density at radius 2 is 1.95 bits per heavy atom. The molecule has 2 rings (SSSR count). The molecule has 0 saturated heterocycles. The number of rotatable bonds is 3. The number of nitrogens with zero attached hydrogens (tertiary/aromatic N) is 1. The van der Waals surface area contributed by atoms with Gasteiger partial charge in [0.25, 0.3) is 5.91 Å². The number of phenols is 1. The molecule has 4 nitrogen and oxygen atoms in total. The van der Waals surface area contributed by atoms with Gasteiger partial charge in [0.05, 0.1) is 6.21 Å². The van der Waals surface area contributed by atoms with Crippen LogP contribution >= 0.6 is 15.9 Å². The highest BCUT2D eigenvalue weighted by molar-refractivity contribution is 9.10. The Morgan fingerprint density at radius 3 is 2.65 bits per heavy atom. The zero-order valence-electron chi connectivity index (χ0n) is 10.8. The quantitative estimate of drug-likeness (QED) is 0.669. The third-order valence-electron chi connectivity index (χ3n) is 2.67. The number of nitrogens with one attached hydrogen (secondary N) is 1. The molecule has 0 spiro atoms. The fourth-order valence-electron chi connectivity index (χ4n) is 1.56. The Labute approximate surface area is 125 Å². The summed E-state index contributed by atoms with van der Waals surface area (Å²) >= 11 is 3.30. The number of phenolic OH excluding ortho intramolecular Hbond substituents is 1. The molecule has 1 amide bonds. The molecule has 5 heteroatoms. The van der Waals surface area contributed by atoms with Gasteiger partial charge in [-0.15, -0.1) is 0 Å². The van der Waals surface area contributed by atoms with Crippen molar-refractivity contribution in [3.8, 4) is 5.75 Å². The number of hydrogen-bond acceptors (Lipinski definition) is 3. The van der Waals surface area contributed by atoms with Gasteiger partial charge in [-0.1, -0.05) is 33.6 Å². The summed E-state index contributed by atoms with van der Waals surface area (Å²) in [7, 11) is 0. The van der Waals surface area contributed by atoms with Gasteiger partial charge in [0.2, 0.25) is 0 Å². The molecule has 0 saturated carbocycles. The summed E-state index contributed by atoms with van der Waals surface area (Å²) in [6.07, 6.45) is 1.40. The van der Waals surface area contributed by atoms with Crippen molar-refractivity contribution >= 4 is 28.1 Å². The summed E-state index contributed by atoms with van der Waals surface area (Å²) in [6, 6.07) is 12.2. The lowest BCUT2D eigenvalue weighted by Crippen LogP contribution is -2.17. The molecule has 102 valence electrons. The number of aryl methyl sites for hydroxylation is 1. The van der Waals surface area contributed by atoms with Gasteiger partial charge in [-0.3, -0.25) is 4.79 Å². The number of aromatic hydroxyl groups is 1. The lowest BCUT2D eigenvalue weighted by molar-refractivity contribution is 0.0955. The van der Waals surface area contributed by atoms with E-state index >= 15 is 0 Å². The van der Waals surface area contributed by atoms with Crippen LogP contribution < -0.4 is 5.43 Å². The van der Waals surface area contributed by atoms with E-state index in [9.17, 15) is 9.90 Å². The molecule has 0 aliphatic rings. The molecule has 0 bridgehead atoms. The number of hydrogen-bond donors (Lipinski definition) is 2. The van der Waals surface area contributed by atoms with E-state index in [1.54, 1.807) is 30.3 Å². The lowest BCUT2D eigenvalue weighted by atomic mass is 10.1. The van der Waals surface area contributed by atoms with Crippen molar-refractivity contribution in [2.45, 2.75) is 6.92 Å². The standard InChI is InChI=1S/C15H13BrN2O2/c1-10-2-4-11(5-3-10)15(20)18-17-9-12-8-13(16)6-7-14(12)19/h2-9,19H,1H3,(H,18,20). The van der Waals surface area contributed by atoms with Crippen LogP contribution in [0.2, 0.25) is 0 Å². The molecule has 0 aliphatic heterocycles. The van der Waals surface area contributed by atoms with Crippen molar-refractivity contribution < 1.29 is 9.90 Å². The number of carbonyl (C=O) groups excluding carboxylic acids is 1. The fourth-order valence-corrected chi connectivity index (χ4v) is 1.94. The third-order valence-corrected chi connectivity index (χ3v) is 3.17. The van der Waals surface area contributed by atoms with E-state index in [1.165, 1.54) is 6.21 Å². The highest BCUT2D eigenvalue weighted by Crippen LogP contribution is 2.19. The maximum Gasteiger partial charge on any atom is 0.271 e. The molecule has 20 heavy (non-hydrogen) atoms. The van der Waals surface area contributed by atoms with E-state index in [0.717, 1.165) is 10.0 Å². The van der Waals surface area contributed by atoms with Gasteiger partial charge < -0.3 is 5.11 Å². The molecule has 2 aromatic carbocycles. The van der Waals surface area contributed by atoms with Crippen LogP contribution in [0.1, 0.15) is 21.5 Å². The van der Waals surface area contributed by atoms with Crippen LogP contribution in [0.3, 0.4) is 0 Å². The smallest absolute Gasteiger partial charge is 0.271 e. The monoisotopic (exact) mass is 332 g/mol. The van der Waals surface area contributed by atoms with Crippen molar-refractivity contribution in [1.82, 2.24) is 5.43 Å². The van der Waals surface area contributed by atoms with Gasteiger partial charge >= 0.3 is 0 Å². The molecule has 0 fully saturated rings. The lowest BCUT2D eigenvalue weighted by Gasteiger charge is -2.01. The maximum atomic E-state index is 11.8. The summed E-state index contributed by atoms with van der Waals surface area (Å²) in [5.41, 5.74) is 4.56. The third kappa shape index (κ3) is 3.68. The topological polar surface area (TPSA) is 61.7 Å². The van der Waals surface area contributed by atoms with Gasteiger partial charge in [-0.05, 0) is 37.3 Å². The Morgan fingerprint density at radius 1 is 1.25 bits per heavy atom. The highest BCUT2D eigenvalue weighted by Gasteiger charge is 2.03. The van der Waals surface area contributed by atoms with Crippen LogP contribution in [0, 0.1) is 6.92 Å². The Hall–Kier alpha value is -2.14.